The molecule has 7 rings (SSSR count). The monoisotopic (exact) mass is 657 g/mol. The molecule has 45 heavy (non-hydrogen) atoms. The van der Waals surface area contributed by atoms with Crippen molar-refractivity contribution in [2.45, 2.75) is 105 Å². The Kier molecular flexibility index (Phi) is 8.80. The van der Waals surface area contributed by atoms with Gasteiger partial charge in [0.25, 0.3) is 0 Å². The van der Waals surface area contributed by atoms with Crippen molar-refractivity contribution in [1.82, 2.24) is 0 Å². The third-order valence-corrected chi connectivity index (χ3v) is 14.1. The average Bonchev–Trinajstić information content (AvgIpc) is 3.66. The molecule has 3 heterocycles. The van der Waals surface area contributed by atoms with E-state index in [-0.39, 0.29) is 0 Å². The highest BCUT2D eigenvalue weighted by atomic mass is 32.1. The molecule has 1 aliphatic heterocycles. The molecule has 2 aromatic heterocycles. The lowest BCUT2D eigenvalue weighted by Crippen LogP contribution is -2.38. The SMILES string of the molecule is C/C=C/c1sc(-c2c3c(c(-c4cc(CC(C)C)c(C)s4)c(N)c2N=S)NC2C(C3)C3CCCC4CCCC2C43)cc1CC(C)C. The zero-order valence-electron chi connectivity index (χ0n) is 28.0. The van der Waals surface area contributed by atoms with Crippen LogP contribution in [0.3, 0.4) is 0 Å². The van der Waals surface area contributed by atoms with Gasteiger partial charge in [-0.05, 0) is 122 Å². The summed E-state index contributed by atoms with van der Waals surface area (Å²) in [5, 5.41) is 4.33. The molecule has 0 saturated heterocycles. The van der Waals surface area contributed by atoms with E-state index >= 15 is 0 Å². The number of anilines is 2. The number of nitrogen functional groups attached to an aromatic ring is 1. The molecule has 0 amide bonds. The quantitative estimate of drug-likeness (QED) is 0.237. The summed E-state index contributed by atoms with van der Waals surface area (Å²) in [6.07, 6.45) is 16.2. The molecular formula is C39H51N3S3. The molecular weight excluding hydrogens is 607 g/mol. The number of hydrogen-bond acceptors (Lipinski definition) is 6. The van der Waals surface area contributed by atoms with Gasteiger partial charge < -0.3 is 11.1 Å². The molecule has 4 aliphatic rings. The maximum absolute atomic E-state index is 7.28. The van der Waals surface area contributed by atoms with Crippen molar-refractivity contribution in [3.8, 4) is 20.9 Å². The molecule has 1 aromatic carbocycles. The fourth-order valence-electron chi connectivity index (χ4n) is 10.1. The number of aryl methyl sites for hydroxylation is 1. The first-order chi connectivity index (χ1) is 21.7. The lowest BCUT2D eigenvalue weighted by molar-refractivity contribution is 0.0852. The standard InChI is InChI=1S/C39H51N3S3/c1-7-10-30-25(16-21(4)5)18-31(45-30)34-29-19-28-26-13-8-11-23-12-9-14-27(33(23)26)37(28)41-38(29)35(36(40)39(34)42-43)32-17-24(15-20(2)3)22(6)44-32/h7,10,17-18,20-21,23,26-28,33,37,41H,8-9,11-16,19,40H2,1-6H3/b10-7+. The Balaban J connectivity index is 1.45. The molecule has 3 nitrogen and oxygen atoms in total. The Hall–Kier alpha value is -2.02. The van der Waals surface area contributed by atoms with Gasteiger partial charge in [-0.1, -0.05) is 59.5 Å². The van der Waals surface area contributed by atoms with Crippen LogP contribution in [0.4, 0.5) is 17.1 Å². The van der Waals surface area contributed by atoms with E-state index in [4.69, 9.17) is 18.2 Å². The molecule has 3 aromatic rings. The number of nitrogens with two attached hydrogens (primary N) is 1. The summed E-state index contributed by atoms with van der Waals surface area (Å²) in [5.74, 6) is 5.31. The molecule has 0 radical (unpaired) electrons. The summed E-state index contributed by atoms with van der Waals surface area (Å²) in [7, 11) is 0. The summed E-state index contributed by atoms with van der Waals surface area (Å²) >= 11 is 9.42. The molecule has 3 N–H and O–H groups in total. The topological polar surface area (TPSA) is 50.4 Å². The van der Waals surface area contributed by atoms with Crippen LogP contribution in [-0.2, 0) is 31.7 Å². The van der Waals surface area contributed by atoms with E-state index in [9.17, 15) is 0 Å². The van der Waals surface area contributed by atoms with Crippen molar-refractivity contribution in [3.63, 3.8) is 0 Å². The first-order valence-electron chi connectivity index (χ1n) is 17.6. The highest BCUT2D eigenvalue weighted by Gasteiger charge is 2.56. The summed E-state index contributed by atoms with van der Waals surface area (Å²) < 4.78 is 4.61. The van der Waals surface area contributed by atoms with Gasteiger partial charge in [0, 0.05) is 54.8 Å². The number of fused-ring (bicyclic) bond motifs is 4. The van der Waals surface area contributed by atoms with Crippen molar-refractivity contribution in [2.75, 3.05) is 11.1 Å². The Labute approximate surface area is 284 Å². The highest BCUT2D eigenvalue weighted by molar-refractivity contribution is 7.47. The van der Waals surface area contributed by atoms with Crippen molar-refractivity contribution < 1.29 is 0 Å². The van der Waals surface area contributed by atoms with Crippen molar-refractivity contribution in [3.05, 3.63) is 44.7 Å². The van der Waals surface area contributed by atoms with Gasteiger partial charge >= 0.3 is 0 Å². The zero-order valence-corrected chi connectivity index (χ0v) is 30.5. The number of hydrogen-bond donors (Lipinski definition) is 2. The number of nitrogens with one attached hydrogen (secondary N) is 1. The normalized spacial score (nSPS) is 27.1. The van der Waals surface area contributed by atoms with Crippen LogP contribution >= 0.6 is 22.7 Å². The number of rotatable bonds is 8. The van der Waals surface area contributed by atoms with Gasteiger partial charge in [0.1, 0.15) is 5.69 Å². The molecule has 6 atom stereocenters. The zero-order chi connectivity index (χ0) is 31.6. The highest BCUT2D eigenvalue weighted by Crippen LogP contribution is 2.62. The van der Waals surface area contributed by atoms with Crippen LogP contribution in [0.1, 0.15) is 99.6 Å². The molecule has 3 saturated carbocycles. The molecule has 3 fully saturated rings. The minimum Gasteiger partial charge on any atom is -0.396 e. The lowest BCUT2D eigenvalue weighted by Gasteiger charge is -2.41. The maximum atomic E-state index is 7.28. The van der Waals surface area contributed by atoms with E-state index in [0.29, 0.717) is 23.8 Å². The molecule has 6 heteroatoms. The fraction of sp³-hybridized carbons (Fsp3) is 0.590. The van der Waals surface area contributed by atoms with Gasteiger partial charge in [-0.3, -0.25) is 0 Å². The van der Waals surface area contributed by atoms with Crippen LogP contribution < -0.4 is 11.1 Å². The summed E-state index contributed by atoms with van der Waals surface area (Å²) in [6, 6.07) is 5.40. The van der Waals surface area contributed by atoms with E-state index in [1.165, 1.54) is 86.0 Å². The molecule has 6 unspecified atom stereocenters. The molecule has 0 spiro atoms. The van der Waals surface area contributed by atoms with Crippen molar-refractivity contribution >= 4 is 58.2 Å². The predicted octanol–water partition coefficient (Wildman–Crippen LogP) is 11.6. The second kappa shape index (κ2) is 12.5. The predicted molar refractivity (Wildman–Crippen MR) is 200 cm³/mol. The third-order valence-electron chi connectivity index (χ3n) is 11.6. The second-order valence-electron chi connectivity index (χ2n) is 15.4. The summed E-state index contributed by atoms with van der Waals surface area (Å²) in [4.78, 5) is 5.30. The van der Waals surface area contributed by atoms with E-state index in [1.807, 2.05) is 22.7 Å². The number of allylic oxidation sites excluding steroid dienone is 1. The molecule has 3 aliphatic carbocycles. The number of thiophene rings is 2. The minimum absolute atomic E-state index is 0.542. The van der Waals surface area contributed by atoms with Gasteiger partial charge in [-0.25, -0.2) is 0 Å². The van der Waals surface area contributed by atoms with Crippen LogP contribution in [-0.4, -0.2) is 6.04 Å². The number of nitrogens with zero attached hydrogens (tertiary/aromatic N) is 1. The first-order valence-corrected chi connectivity index (χ1v) is 19.6. The van der Waals surface area contributed by atoms with Gasteiger partial charge in [-0.15, -0.1) is 22.7 Å². The van der Waals surface area contributed by atoms with Crippen molar-refractivity contribution in [1.29, 1.82) is 0 Å². The van der Waals surface area contributed by atoms with E-state index < -0.39 is 0 Å². The largest absolute Gasteiger partial charge is 0.396 e. The Morgan fingerprint density at radius 2 is 1.60 bits per heavy atom. The Bertz CT molecular complexity index is 1620. The van der Waals surface area contributed by atoms with Crippen LogP contribution in [0.15, 0.2) is 22.6 Å². The van der Waals surface area contributed by atoms with E-state index in [1.54, 1.807) is 0 Å². The fourth-order valence-corrected chi connectivity index (χ4v) is 12.6. The van der Waals surface area contributed by atoms with Crippen molar-refractivity contribution in [2.24, 2.45) is 45.8 Å². The third kappa shape index (κ3) is 5.45. The maximum Gasteiger partial charge on any atom is 0.110 e. The van der Waals surface area contributed by atoms with Gasteiger partial charge in [0.05, 0.1) is 5.69 Å². The Morgan fingerprint density at radius 1 is 0.933 bits per heavy atom. The smallest absolute Gasteiger partial charge is 0.110 e. The average molecular weight is 658 g/mol. The minimum atomic E-state index is 0.542. The van der Waals surface area contributed by atoms with Gasteiger partial charge in [0.2, 0.25) is 0 Å². The Morgan fingerprint density at radius 3 is 2.29 bits per heavy atom. The van der Waals surface area contributed by atoms with E-state index in [2.05, 4.69) is 75.5 Å². The lowest BCUT2D eigenvalue weighted by atomic mass is 9.64. The summed E-state index contributed by atoms with van der Waals surface area (Å²) in [6.45, 7) is 13.6. The van der Waals surface area contributed by atoms with Gasteiger partial charge in [-0.2, -0.15) is 4.36 Å². The number of benzene rings is 1. The van der Waals surface area contributed by atoms with Gasteiger partial charge in [0.15, 0.2) is 0 Å². The van der Waals surface area contributed by atoms with Crippen LogP contribution in [0.25, 0.3) is 27.0 Å². The first kappa shape index (κ1) is 31.6. The van der Waals surface area contributed by atoms with Crippen LogP contribution in [0, 0.1) is 48.3 Å². The molecule has 240 valence electrons. The van der Waals surface area contributed by atoms with E-state index in [0.717, 1.165) is 59.9 Å². The van der Waals surface area contributed by atoms with Crippen LogP contribution in [0.2, 0.25) is 0 Å². The second-order valence-corrected chi connectivity index (χ2v) is 17.9. The molecule has 0 bridgehead atoms. The summed E-state index contributed by atoms with van der Waals surface area (Å²) in [5.41, 5.74) is 16.8. The van der Waals surface area contributed by atoms with Crippen LogP contribution in [0.5, 0.6) is 0 Å².